The van der Waals surface area contributed by atoms with Gasteiger partial charge in [0, 0.05) is 63.1 Å². The Bertz CT molecular complexity index is 2350. The Morgan fingerprint density at radius 1 is 0.612 bits per heavy atom. The molecule has 4 bridgehead atoms. The van der Waals surface area contributed by atoms with Gasteiger partial charge in [0.05, 0.1) is 22.2 Å². The van der Waals surface area contributed by atoms with E-state index in [0.717, 1.165) is 45.0 Å². The molecule has 4 heterocycles. The van der Waals surface area contributed by atoms with Crippen molar-refractivity contribution in [2.45, 2.75) is 44.4 Å². The quantitative estimate of drug-likeness (QED) is 0.182. The molecule has 0 atom stereocenters. The molecule has 0 spiro atoms. The summed E-state index contributed by atoms with van der Waals surface area (Å²) in [5.74, 6) is 4.08. The Balaban J connectivity index is 1.12. The molecule has 49 heavy (non-hydrogen) atoms. The highest BCUT2D eigenvalue weighted by molar-refractivity contribution is 6.08. The molecule has 7 aromatic rings. The number of hydrogen-bond donors (Lipinski definition) is 0. The van der Waals surface area contributed by atoms with Gasteiger partial charge >= 0.3 is 0 Å². The molecule has 3 aromatic carbocycles. The summed E-state index contributed by atoms with van der Waals surface area (Å²) in [7, 11) is 0. The van der Waals surface area contributed by atoms with E-state index in [0.29, 0.717) is 23.7 Å². The first-order valence-electron chi connectivity index (χ1n) is 17.7. The van der Waals surface area contributed by atoms with Crippen molar-refractivity contribution in [2.75, 3.05) is 0 Å². The summed E-state index contributed by atoms with van der Waals surface area (Å²) in [6, 6.07) is 25.5. The SMILES string of the molecule is C=Cc1c(/C=C\C)n(-c2ncc(C3(c4cnc(-n5c6ccccc6c6ccccc65)nc4)C4CC5CC(C4)CC3C5)cn2)c2ccccc12. The predicted octanol–water partition coefficient (Wildman–Crippen LogP) is 9.73. The summed E-state index contributed by atoms with van der Waals surface area (Å²) < 4.78 is 4.38. The molecular weight excluding hydrogens is 601 g/mol. The number of nitrogens with zero attached hydrogens (tertiary/aromatic N) is 6. The van der Waals surface area contributed by atoms with Crippen LogP contribution < -0.4 is 0 Å². The van der Waals surface area contributed by atoms with E-state index in [1.165, 1.54) is 54.0 Å². The van der Waals surface area contributed by atoms with Crippen molar-refractivity contribution in [3.8, 4) is 11.9 Å². The van der Waals surface area contributed by atoms with Gasteiger partial charge in [0.1, 0.15) is 0 Å². The second-order valence-corrected chi connectivity index (χ2v) is 14.4. The predicted molar refractivity (Wildman–Crippen MR) is 198 cm³/mol. The van der Waals surface area contributed by atoms with Crippen molar-refractivity contribution < 1.29 is 0 Å². The molecule has 0 aliphatic heterocycles. The van der Waals surface area contributed by atoms with Gasteiger partial charge in [-0.15, -0.1) is 0 Å². The molecule has 4 aromatic heterocycles. The lowest BCUT2D eigenvalue weighted by Crippen LogP contribution is -2.56. The molecule has 4 saturated carbocycles. The van der Waals surface area contributed by atoms with Gasteiger partial charge in [-0.1, -0.05) is 73.3 Å². The first-order chi connectivity index (χ1) is 24.2. The fourth-order valence-electron chi connectivity index (χ4n) is 10.5. The summed E-state index contributed by atoms with van der Waals surface area (Å²) in [6.45, 7) is 6.19. The number of hydrogen-bond acceptors (Lipinski definition) is 4. The fourth-order valence-corrected chi connectivity index (χ4v) is 10.5. The van der Waals surface area contributed by atoms with Crippen LogP contribution in [0.2, 0.25) is 0 Å². The highest BCUT2D eigenvalue weighted by atomic mass is 15.2. The highest BCUT2D eigenvalue weighted by Crippen LogP contribution is 2.65. The van der Waals surface area contributed by atoms with Crippen LogP contribution in [-0.2, 0) is 5.41 Å². The Labute approximate surface area is 285 Å². The van der Waals surface area contributed by atoms with Gasteiger partial charge in [0.25, 0.3) is 0 Å². The summed E-state index contributed by atoms with van der Waals surface area (Å²) in [6.07, 6.45) is 21.0. The lowest BCUT2D eigenvalue weighted by molar-refractivity contribution is -0.0423. The van der Waals surface area contributed by atoms with Crippen LogP contribution in [0.3, 0.4) is 0 Å². The maximum Gasteiger partial charge on any atom is 0.234 e. The second kappa shape index (κ2) is 10.8. The normalized spacial score (nSPS) is 24.5. The topological polar surface area (TPSA) is 61.4 Å². The molecule has 4 aliphatic carbocycles. The Hall–Kier alpha value is -5.36. The van der Waals surface area contributed by atoms with E-state index in [1.54, 1.807) is 0 Å². The molecule has 240 valence electrons. The van der Waals surface area contributed by atoms with E-state index >= 15 is 0 Å². The molecule has 0 N–H and O–H groups in total. The molecule has 11 rings (SSSR count). The number of fused-ring (bicyclic) bond motifs is 4. The molecular formula is C43H38N6. The summed E-state index contributed by atoms with van der Waals surface area (Å²) in [4.78, 5) is 20.6. The average Bonchev–Trinajstić information content (AvgIpc) is 3.64. The van der Waals surface area contributed by atoms with Crippen LogP contribution in [0.1, 0.15) is 61.4 Å². The summed E-state index contributed by atoms with van der Waals surface area (Å²) in [5.41, 5.74) is 7.67. The zero-order chi connectivity index (χ0) is 32.7. The number of benzene rings is 3. The van der Waals surface area contributed by atoms with E-state index in [9.17, 15) is 0 Å². The number of aromatic nitrogens is 6. The van der Waals surface area contributed by atoms with Crippen molar-refractivity contribution in [3.05, 3.63) is 133 Å². The van der Waals surface area contributed by atoms with E-state index < -0.39 is 0 Å². The largest absolute Gasteiger partial charge is 0.278 e. The highest BCUT2D eigenvalue weighted by Gasteiger charge is 2.59. The maximum absolute atomic E-state index is 5.16. The minimum Gasteiger partial charge on any atom is -0.278 e. The molecule has 6 nitrogen and oxygen atoms in total. The van der Waals surface area contributed by atoms with Crippen LogP contribution in [0.5, 0.6) is 0 Å². The van der Waals surface area contributed by atoms with Gasteiger partial charge in [0.2, 0.25) is 11.9 Å². The van der Waals surface area contributed by atoms with E-state index in [1.807, 2.05) is 13.0 Å². The van der Waals surface area contributed by atoms with Crippen molar-refractivity contribution in [2.24, 2.45) is 23.7 Å². The first-order valence-corrected chi connectivity index (χ1v) is 17.7. The monoisotopic (exact) mass is 638 g/mol. The van der Waals surface area contributed by atoms with Crippen LogP contribution in [0.4, 0.5) is 0 Å². The lowest BCUT2D eigenvalue weighted by atomic mass is 9.42. The minimum atomic E-state index is -0.206. The Morgan fingerprint density at radius 3 is 1.55 bits per heavy atom. The molecule has 6 heteroatoms. The van der Waals surface area contributed by atoms with Gasteiger partial charge in [0.15, 0.2) is 0 Å². The van der Waals surface area contributed by atoms with E-state index in [2.05, 4.69) is 125 Å². The van der Waals surface area contributed by atoms with Crippen molar-refractivity contribution in [3.63, 3.8) is 0 Å². The van der Waals surface area contributed by atoms with Crippen LogP contribution in [0.15, 0.2) is 110 Å². The van der Waals surface area contributed by atoms with Crippen molar-refractivity contribution in [1.29, 1.82) is 0 Å². The molecule has 0 unspecified atom stereocenters. The molecule has 0 amide bonds. The summed E-state index contributed by atoms with van der Waals surface area (Å²) in [5, 5.41) is 3.58. The third-order valence-electron chi connectivity index (χ3n) is 12.1. The number of rotatable bonds is 6. The lowest BCUT2D eigenvalue weighted by Gasteiger charge is -2.61. The maximum atomic E-state index is 5.16. The number of para-hydroxylation sites is 3. The van der Waals surface area contributed by atoms with Crippen molar-refractivity contribution in [1.82, 2.24) is 29.1 Å². The van der Waals surface area contributed by atoms with Crippen LogP contribution >= 0.6 is 0 Å². The van der Waals surface area contributed by atoms with E-state index in [4.69, 9.17) is 19.9 Å². The Kier molecular flexibility index (Phi) is 6.33. The molecule has 0 saturated heterocycles. The first kappa shape index (κ1) is 28.6. The third kappa shape index (κ3) is 4.00. The van der Waals surface area contributed by atoms with Crippen LogP contribution in [-0.4, -0.2) is 29.1 Å². The van der Waals surface area contributed by atoms with E-state index in [-0.39, 0.29) is 5.41 Å². The molecule has 0 radical (unpaired) electrons. The summed E-state index contributed by atoms with van der Waals surface area (Å²) >= 11 is 0. The smallest absolute Gasteiger partial charge is 0.234 e. The van der Waals surface area contributed by atoms with Gasteiger partial charge in [-0.2, -0.15) is 0 Å². The fraction of sp³-hybridized carbons (Fsp3) is 0.256. The molecule has 4 aliphatic rings. The van der Waals surface area contributed by atoms with Gasteiger partial charge in [-0.25, -0.2) is 19.9 Å². The van der Waals surface area contributed by atoms with Crippen molar-refractivity contribution >= 4 is 44.9 Å². The van der Waals surface area contributed by atoms with Gasteiger partial charge in [-0.3, -0.25) is 9.13 Å². The standard InChI is InChI=1S/C43H38N6/c1-3-11-37-33(4-2)34-12-5-8-15-38(34)48(37)41-44-23-31(24-45-41)43(29-19-27-18-28(21-29)22-30(43)20-27)32-25-46-42(47-26-32)49-39-16-9-6-13-35(39)36-14-7-10-17-40(36)49/h3-17,23-30H,2,18-22H2,1H3/b11-3-. The zero-order valence-corrected chi connectivity index (χ0v) is 27.7. The van der Waals surface area contributed by atoms with Gasteiger partial charge in [-0.05, 0) is 87.0 Å². The Morgan fingerprint density at radius 2 is 1.06 bits per heavy atom. The molecule has 4 fully saturated rings. The zero-order valence-electron chi connectivity index (χ0n) is 27.7. The van der Waals surface area contributed by atoms with Crippen LogP contribution in [0, 0.1) is 23.7 Å². The van der Waals surface area contributed by atoms with Crippen LogP contribution in [0.25, 0.3) is 56.8 Å². The third-order valence-corrected chi connectivity index (χ3v) is 12.1. The number of allylic oxidation sites excluding steroid dienone is 1. The van der Waals surface area contributed by atoms with Gasteiger partial charge < -0.3 is 0 Å². The minimum absolute atomic E-state index is 0.206. The average molecular weight is 639 g/mol. The second-order valence-electron chi connectivity index (χ2n) is 14.4.